The molecule has 4 aromatic rings. The summed E-state index contributed by atoms with van der Waals surface area (Å²) in [5, 5.41) is 7.89. The molecule has 4 rings (SSSR count). The Bertz CT molecular complexity index is 1590. The highest BCUT2D eigenvalue weighted by Crippen LogP contribution is 2.31. The van der Waals surface area contributed by atoms with Gasteiger partial charge < -0.3 is 14.6 Å². The molecule has 0 aliphatic rings. The summed E-state index contributed by atoms with van der Waals surface area (Å²) >= 11 is 18.4. The molecule has 2 amide bonds. The molecule has 0 atom stereocenters. The summed E-state index contributed by atoms with van der Waals surface area (Å²) in [6.07, 6.45) is 2.91. The molecule has 3 aromatic carbocycles. The Labute approximate surface area is 253 Å². The molecular weight excluding hydrogens is 583 g/mol. The molecule has 0 aliphatic heterocycles. The van der Waals surface area contributed by atoms with Gasteiger partial charge in [0.15, 0.2) is 0 Å². The number of carbonyl (C=O) groups is 2. The standard InChI is InChI=1S/C31H27Cl3N4O3/c1-3-38(4-2)22-12-9-20(10-13-22)17-28(36-30(39)25-7-5-6-8-26(25)33)31(40)37-35-19-23-14-16-29(41-23)24-15-11-21(32)18-27(24)34/h5-19H,3-4H2,1-2H3,(H,36,39)(H,37,40)/b28-17-,35-19?. The van der Waals surface area contributed by atoms with Crippen molar-refractivity contribution >= 4 is 64.6 Å². The van der Waals surface area contributed by atoms with Crippen LogP contribution in [-0.2, 0) is 4.79 Å². The first-order valence-corrected chi connectivity index (χ1v) is 13.9. The second-order valence-corrected chi connectivity index (χ2v) is 10.0. The monoisotopic (exact) mass is 608 g/mol. The molecule has 7 nitrogen and oxygen atoms in total. The number of carbonyl (C=O) groups excluding carboxylic acids is 2. The predicted molar refractivity (Wildman–Crippen MR) is 167 cm³/mol. The average Bonchev–Trinajstić information content (AvgIpc) is 3.42. The van der Waals surface area contributed by atoms with Gasteiger partial charge >= 0.3 is 0 Å². The van der Waals surface area contributed by atoms with E-state index in [1.54, 1.807) is 60.7 Å². The van der Waals surface area contributed by atoms with Gasteiger partial charge in [-0.1, -0.05) is 59.1 Å². The Kier molecular flexibility index (Phi) is 10.2. The van der Waals surface area contributed by atoms with Crippen LogP contribution in [0.25, 0.3) is 17.4 Å². The Hall–Kier alpha value is -4.04. The number of halogens is 3. The fourth-order valence-corrected chi connectivity index (χ4v) is 4.72. The number of rotatable bonds is 10. The number of nitrogens with one attached hydrogen (secondary N) is 2. The Morgan fingerprint density at radius 3 is 2.32 bits per heavy atom. The molecule has 0 saturated heterocycles. The average molecular weight is 610 g/mol. The molecular formula is C31H27Cl3N4O3. The number of amides is 2. The van der Waals surface area contributed by atoms with Gasteiger partial charge in [-0.2, -0.15) is 5.10 Å². The van der Waals surface area contributed by atoms with E-state index < -0.39 is 11.8 Å². The summed E-state index contributed by atoms with van der Waals surface area (Å²) in [6.45, 7) is 5.91. The molecule has 210 valence electrons. The number of anilines is 1. The summed E-state index contributed by atoms with van der Waals surface area (Å²) in [5.74, 6) is -0.276. The summed E-state index contributed by atoms with van der Waals surface area (Å²) in [7, 11) is 0. The van der Waals surface area contributed by atoms with Gasteiger partial charge in [0.25, 0.3) is 11.8 Å². The third-order valence-corrected chi connectivity index (χ3v) is 7.00. The lowest BCUT2D eigenvalue weighted by Crippen LogP contribution is -2.33. The van der Waals surface area contributed by atoms with E-state index >= 15 is 0 Å². The minimum absolute atomic E-state index is 0.0178. The molecule has 2 N–H and O–H groups in total. The number of hydrogen-bond donors (Lipinski definition) is 2. The number of hydrogen-bond acceptors (Lipinski definition) is 5. The Morgan fingerprint density at radius 2 is 1.63 bits per heavy atom. The van der Waals surface area contributed by atoms with Crippen molar-refractivity contribution in [3.8, 4) is 11.3 Å². The SMILES string of the molecule is CCN(CC)c1ccc(/C=C(\NC(=O)c2ccccc2Cl)C(=O)NN=Cc2ccc(-c3ccc(Cl)cc3Cl)o2)cc1. The van der Waals surface area contributed by atoms with Crippen molar-refractivity contribution in [1.82, 2.24) is 10.7 Å². The predicted octanol–water partition coefficient (Wildman–Crippen LogP) is 7.67. The van der Waals surface area contributed by atoms with Crippen molar-refractivity contribution in [3.63, 3.8) is 0 Å². The number of benzene rings is 3. The van der Waals surface area contributed by atoms with Gasteiger partial charge in [-0.25, -0.2) is 5.43 Å². The van der Waals surface area contributed by atoms with E-state index in [2.05, 4.69) is 34.6 Å². The van der Waals surface area contributed by atoms with Crippen LogP contribution in [-0.4, -0.2) is 31.1 Å². The van der Waals surface area contributed by atoms with Crippen LogP contribution in [0.4, 0.5) is 5.69 Å². The van der Waals surface area contributed by atoms with Crippen LogP contribution in [0.15, 0.2) is 94.1 Å². The smallest absolute Gasteiger partial charge is 0.287 e. The van der Waals surface area contributed by atoms with Gasteiger partial charge in [-0.05, 0) is 80.1 Å². The zero-order chi connectivity index (χ0) is 29.4. The molecule has 0 fully saturated rings. The molecule has 0 bridgehead atoms. The van der Waals surface area contributed by atoms with E-state index in [4.69, 9.17) is 39.2 Å². The first-order chi connectivity index (χ1) is 19.8. The van der Waals surface area contributed by atoms with Crippen molar-refractivity contribution in [1.29, 1.82) is 0 Å². The highest BCUT2D eigenvalue weighted by Gasteiger charge is 2.17. The van der Waals surface area contributed by atoms with E-state index in [9.17, 15) is 9.59 Å². The second kappa shape index (κ2) is 14.0. The van der Waals surface area contributed by atoms with Gasteiger partial charge in [0, 0.05) is 29.4 Å². The third-order valence-electron chi connectivity index (χ3n) is 6.13. The minimum Gasteiger partial charge on any atom is -0.455 e. The maximum atomic E-state index is 13.2. The second-order valence-electron chi connectivity index (χ2n) is 8.78. The Morgan fingerprint density at radius 1 is 0.902 bits per heavy atom. The van der Waals surface area contributed by atoms with E-state index in [0.29, 0.717) is 32.7 Å². The third kappa shape index (κ3) is 7.79. The minimum atomic E-state index is -0.637. The lowest BCUT2D eigenvalue weighted by atomic mass is 10.1. The first-order valence-electron chi connectivity index (χ1n) is 12.8. The number of nitrogens with zero attached hydrogens (tertiary/aromatic N) is 2. The quantitative estimate of drug-likeness (QED) is 0.110. The molecule has 0 saturated carbocycles. The highest BCUT2D eigenvalue weighted by atomic mass is 35.5. The zero-order valence-corrected chi connectivity index (χ0v) is 24.6. The van der Waals surface area contributed by atoms with Crippen LogP contribution >= 0.6 is 34.8 Å². The molecule has 41 heavy (non-hydrogen) atoms. The van der Waals surface area contributed by atoms with Gasteiger partial charge in [0.1, 0.15) is 17.2 Å². The Balaban J connectivity index is 1.54. The summed E-state index contributed by atoms with van der Waals surface area (Å²) in [6, 6.07) is 22.8. The van der Waals surface area contributed by atoms with Gasteiger partial charge in [0.05, 0.1) is 21.8 Å². The number of hydrazone groups is 1. The first kappa shape index (κ1) is 29.9. The van der Waals surface area contributed by atoms with Crippen LogP contribution in [0.5, 0.6) is 0 Å². The largest absolute Gasteiger partial charge is 0.455 e. The van der Waals surface area contributed by atoms with Crippen LogP contribution in [0.3, 0.4) is 0 Å². The lowest BCUT2D eigenvalue weighted by molar-refractivity contribution is -0.117. The number of furan rings is 1. The molecule has 0 radical (unpaired) electrons. The van der Waals surface area contributed by atoms with Crippen molar-refractivity contribution in [2.45, 2.75) is 13.8 Å². The van der Waals surface area contributed by atoms with Crippen molar-refractivity contribution < 1.29 is 14.0 Å². The maximum Gasteiger partial charge on any atom is 0.287 e. The normalized spacial score (nSPS) is 11.5. The molecule has 0 spiro atoms. The van der Waals surface area contributed by atoms with Crippen LogP contribution < -0.4 is 15.6 Å². The van der Waals surface area contributed by atoms with Crippen molar-refractivity contribution in [3.05, 3.63) is 117 Å². The van der Waals surface area contributed by atoms with Crippen molar-refractivity contribution in [2.75, 3.05) is 18.0 Å². The molecule has 1 heterocycles. The molecule has 10 heteroatoms. The fraction of sp³-hybridized carbons (Fsp3) is 0.129. The summed E-state index contributed by atoms with van der Waals surface area (Å²) in [4.78, 5) is 28.3. The topological polar surface area (TPSA) is 86.9 Å². The summed E-state index contributed by atoms with van der Waals surface area (Å²) in [5.41, 5.74) is 5.09. The van der Waals surface area contributed by atoms with Crippen LogP contribution in [0.1, 0.15) is 35.5 Å². The van der Waals surface area contributed by atoms with E-state index in [1.165, 1.54) is 6.21 Å². The van der Waals surface area contributed by atoms with E-state index in [0.717, 1.165) is 18.8 Å². The lowest BCUT2D eigenvalue weighted by Gasteiger charge is -2.21. The maximum absolute atomic E-state index is 13.2. The molecule has 0 unspecified atom stereocenters. The molecule has 0 aliphatic carbocycles. The van der Waals surface area contributed by atoms with Crippen LogP contribution in [0.2, 0.25) is 15.1 Å². The molecule has 1 aromatic heterocycles. The van der Waals surface area contributed by atoms with Gasteiger partial charge in [-0.15, -0.1) is 0 Å². The fourth-order valence-electron chi connectivity index (χ4n) is 4.00. The van der Waals surface area contributed by atoms with E-state index in [-0.39, 0.29) is 16.3 Å². The van der Waals surface area contributed by atoms with Gasteiger partial charge in [0.2, 0.25) is 0 Å². The van der Waals surface area contributed by atoms with Gasteiger partial charge in [-0.3, -0.25) is 9.59 Å². The zero-order valence-electron chi connectivity index (χ0n) is 22.3. The highest BCUT2D eigenvalue weighted by molar-refractivity contribution is 6.36. The summed E-state index contributed by atoms with van der Waals surface area (Å²) < 4.78 is 5.78. The van der Waals surface area contributed by atoms with Crippen LogP contribution in [0, 0.1) is 0 Å². The van der Waals surface area contributed by atoms with E-state index in [1.807, 2.05) is 24.3 Å². The van der Waals surface area contributed by atoms with Crippen molar-refractivity contribution in [2.24, 2.45) is 5.10 Å².